The third-order valence-corrected chi connectivity index (χ3v) is 5.07. The Kier molecular flexibility index (Phi) is 7.42. The van der Waals surface area contributed by atoms with Gasteiger partial charge >= 0.3 is 0 Å². The quantitative estimate of drug-likeness (QED) is 0.863. The Hall–Kier alpha value is 0.0700. The molecule has 0 saturated carbocycles. The molecule has 0 aromatic carbocycles. The molecule has 106 valence electrons. The zero-order valence-corrected chi connectivity index (χ0v) is 12.8. The molecule has 2 heterocycles. The number of amides is 1. The number of piperidine rings is 1. The smallest absolute Gasteiger partial charge is 0.235 e. The summed E-state index contributed by atoms with van der Waals surface area (Å²) in [5.74, 6) is 1.59. The van der Waals surface area contributed by atoms with Crippen molar-refractivity contribution in [2.24, 2.45) is 0 Å². The Labute approximate surface area is 121 Å². The van der Waals surface area contributed by atoms with Crippen LogP contribution in [-0.2, 0) is 4.79 Å². The van der Waals surface area contributed by atoms with E-state index < -0.39 is 0 Å². The fourth-order valence-electron chi connectivity index (χ4n) is 2.79. The van der Waals surface area contributed by atoms with Crippen molar-refractivity contribution in [1.29, 1.82) is 0 Å². The minimum absolute atomic E-state index is 0. The van der Waals surface area contributed by atoms with E-state index in [1.807, 2.05) is 11.8 Å². The van der Waals surface area contributed by atoms with Gasteiger partial charge in [0.2, 0.25) is 5.91 Å². The van der Waals surface area contributed by atoms with E-state index in [2.05, 4.69) is 17.1 Å². The third-order valence-electron chi connectivity index (χ3n) is 3.70. The summed E-state index contributed by atoms with van der Waals surface area (Å²) in [6.45, 7) is 5.25. The summed E-state index contributed by atoms with van der Waals surface area (Å²) in [6.07, 6.45) is 5.64. The van der Waals surface area contributed by atoms with Crippen LogP contribution in [0.25, 0.3) is 0 Å². The molecule has 0 aromatic rings. The van der Waals surface area contributed by atoms with Crippen LogP contribution >= 0.6 is 24.2 Å². The number of hydrogen-bond acceptors (Lipinski definition) is 3. The average molecular weight is 293 g/mol. The van der Waals surface area contributed by atoms with Gasteiger partial charge < -0.3 is 10.2 Å². The lowest BCUT2D eigenvalue weighted by Crippen LogP contribution is -2.48. The Balaban J connectivity index is 0.00000162. The van der Waals surface area contributed by atoms with Crippen molar-refractivity contribution in [1.82, 2.24) is 10.2 Å². The number of hydrogen-bond donors (Lipinski definition) is 1. The predicted octanol–water partition coefficient (Wildman–Crippen LogP) is 2.29. The van der Waals surface area contributed by atoms with Crippen LogP contribution in [0.2, 0.25) is 0 Å². The summed E-state index contributed by atoms with van der Waals surface area (Å²) in [6, 6.07) is 0.491. The molecule has 5 heteroatoms. The maximum atomic E-state index is 12.5. The lowest BCUT2D eigenvalue weighted by Gasteiger charge is -2.36. The zero-order chi connectivity index (χ0) is 12.1. The van der Waals surface area contributed by atoms with E-state index in [1.54, 1.807) is 0 Å². The number of carbonyl (C=O) groups is 1. The summed E-state index contributed by atoms with van der Waals surface area (Å²) in [5, 5.41) is 3.64. The lowest BCUT2D eigenvalue weighted by atomic mass is 10.0. The molecule has 0 radical (unpaired) electrons. The van der Waals surface area contributed by atoms with Gasteiger partial charge in [-0.3, -0.25) is 4.79 Å². The highest BCUT2D eigenvalue weighted by atomic mass is 35.5. The highest BCUT2D eigenvalue weighted by Gasteiger charge is 2.31. The summed E-state index contributed by atoms with van der Waals surface area (Å²) >= 11 is 1.86. The molecular weight excluding hydrogens is 268 g/mol. The van der Waals surface area contributed by atoms with Crippen LogP contribution < -0.4 is 5.32 Å². The van der Waals surface area contributed by atoms with Crippen molar-refractivity contribution in [2.75, 3.05) is 25.4 Å². The predicted molar refractivity (Wildman–Crippen MR) is 80.6 cm³/mol. The van der Waals surface area contributed by atoms with Crippen LogP contribution in [0.1, 0.15) is 39.0 Å². The first-order valence-electron chi connectivity index (χ1n) is 6.95. The largest absolute Gasteiger partial charge is 0.339 e. The first kappa shape index (κ1) is 16.1. The summed E-state index contributed by atoms with van der Waals surface area (Å²) in [4.78, 5) is 14.7. The topological polar surface area (TPSA) is 32.3 Å². The minimum atomic E-state index is 0. The van der Waals surface area contributed by atoms with Crippen molar-refractivity contribution in [3.8, 4) is 0 Å². The molecule has 0 bridgehead atoms. The molecular formula is C13H25ClN2OS. The Morgan fingerprint density at radius 1 is 1.33 bits per heavy atom. The summed E-state index contributed by atoms with van der Waals surface area (Å²) in [5.41, 5.74) is 0. The molecule has 1 N–H and O–H groups in total. The van der Waals surface area contributed by atoms with Crippen LogP contribution in [0.4, 0.5) is 0 Å². The number of nitrogens with one attached hydrogen (secondary N) is 1. The molecule has 18 heavy (non-hydrogen) atoms. The molecule has 2 aliphatic heterocycles. The van der Waals surface area contributed by atoms with Crippen molar-refractivity contribution in [2.45, 2.75) is 50.3 Å². The number of nitrogens with zero attached hydrogens (tertiary/aromatic N) is 1. The fraction of sp³-hybridized carbons (Fsp3) is 0.923. The molecule has 3 nitrogen and oxygen atoms in total. The van der Waals surface area contributed by atoms with E-state index in [0.717, 1.165) is 45.3 Å². The molecule has 1 atom stereocenters. The van der Waals surface area contributed by atoms with Gasteiger partial charge in [0, 0.05) is 12.6 Å². The van der Waals surface area contributed by atoms with Gasteiger partial charge in [-0.1, -0.05) is 6.92 Å². The monoisotopic (exact) mass is 292 g/mol. The van der Waals surface area contributed by atoms with E-state index in [0.29, 0.717) is 11.9 Å². The second-order valence-corrected chi connectivity index (χ2v) is 6.33. The second kappa shape index (κ2) is 8.28. The average Bonchev–Trinajstić information content (AvgIpc) is 2.90. The normalized spacial score (nSPS) is 24.6. The standard InChI is InChI=1S/C13H24N2OS.ClH/c1-2-9-15(11-5-7-14-8-6-11)13(16)12-4-3-10-17-12;/h11-12,14H,2-10H2,1H3;1H. The zero-order valence-electron chi connectivity index (χ0n) is 11.2. The highest BCUT2D eigenvalue weighted by Crippen LogP contribution is 2.29. The number of carbonyl (C=O) groups excluding carboxylic acids is 1. The number of halogens is 1. The fourth-order valence-corrected chi connectivity index (χ4v) is 4.02. The Bertz CT molecular complexity index is 253. The van der Waals surface area contributed by atoms with Gasteiger partial charge in [0.1, 0.15) is 0 Å². The van der Waals surface area contributed by atoms with Gasteiger partial charge in [-0.05, 0) is 50.9 Å². The molecule has 0 aromatic heterocycles. The molecule has 1 amide bonds. The lowest BCUT2D eigenvalue weighted by molar-refractivity contribution is -0.133. The number of rotatable bonds is 4. The van der Waals surface area contributed by atoms with Crippen LogP contribution in [0.3, 0.4) is 0 Å². The first-order valence-corrected chi connectivity index (χ1v) is 8.00. The van der Waals surface area contributed by atoms with E-state index in [4.69, 9.17) is 0 Å². The summed E-state index contributed by atoms with van der Waals surface area (Å²) < 4.78 is 0. The van der Waals surface area contributed by atoms with Gasteiger partial charge in [0.25, 0.3) is 0 Å². The molecule has 2 saturated heterocycles. The Morgan fingerprint density at radius 3 is 2.61 bits per heavy atom. The maximum absolute atomic E-state index is 12.5. The van der Waals surface area contributed by atoms with E-state index in [1.165, 1.54) is 12.2 Å². The van der Waals surface area contributed by atoms with Crippen LogP contribution in [0, 0.1) is 0 Å². The van der Waals surface area contributed by atoms with E-state index >= 15 is 0 Å². The van der Waals surface area contributed by atoms with Gasteiger partial charge in [-0.2, -0.15) is 0 Å². The summed E-state index contributed by atoms with van der Waals surface area (Å²) in [7, 11) is 0. The van der Waals surface area contributed by atoms with Crippen molar-refractivity contribution in [3.05, 3.63) is 0 Å². The van der Waals surface area contributed by atoms with E-state index in [-0.39, 0.29) is 17.7 Å². The van der Waals surface area contributed by atoms with E-state index in [9.17, 15) is 4.79 Å². The van der Waals surface area contributed by atoms with Gasteiger partial charge in [0.05, 0.1) is 5.25 Å². The van der Waals surface area contributed by atoms with Gasteiger partial charge in [-0.15, -0.1) is 24.2 Å². The van der Waals surface area contributed by atoms with Gasteiger partial charge in [-0.25, -0.2) is 0 Å². The SMILES string of the molecule is CCCN(C(=O)C1CCCS1)C1CCNCC1.Cl. The van der Waals surface area contributed by atoms with Crippen molar-refractivity contribution < 1.29 is 4.79 Å². The molecule has 0 spiro atoms. The van der Waals surface area contributed by atoms with Crippen molar-refractivity contribution in [3.63, 3.8) is 0 Å². The van der Waals surface area contributed by atoms with Gasteiger partial charge in [0.15, 0.2) is 0 Å². The number of thioether (sulfide) groups is 1. The van der Waals surface area contributed by atoms with Crippen molar-refractivity contribution >= 4 is 30.1 Å². The molecule has 2 rings (SSSR count). The first-order chi connectivity index (χ1) is 8.33. The minimum Gasteiger partial charge on any atom is -0.339 e. The molecule has 0 aliphatic carbocycles. The second-order valence-electron chi connectivity index (χ2n) is 5.01. The maximum Gasteiger partial charge on any atom is 0.235 e. The third kappa shape index (κ3) is 4.04. The molecule has 1 unspecified atom stereocenters. The van der Waals surface area contributed by atoms with Crippen LogP contribution in [-0.4, -0.2) is 47.5 Å². The molecule has 2 fully saturated rings. The van der Waals surface area contributed by atoms with Crippen LogP contribution in [0.15, 0.2) is 0 Å². The Morgan fingerprint density at radius 2 is 2.06 bits per heavy atom. The highest BCUT2D eigenvalue weighted by molar-refractivity contribution is 8.00. The molecule has 2 aliphatic rings. The van der Waals surface area contributed by atoms with Crippen LogP contribution in [0.5, 0.6) is 0 Å².